The molecular weight excluding hydrogens is 371 g/mol. The third kappa shape index (κ3) is 2.82. The lowest BCUT2D eigenvalue weighted by Crippen LogP contribution is -2.33. The lowest BCUT2D eigenvalue weighted by molar-refractivity contribution is 0.628. The van der Waals surface area contributed by atoms with Gasteiger partial charge in [0.15, 0.2) is 5.82 Å². The highest BCUT2D eigenvalue weighted by Gasteiger charge is 2.32. The number of rotatable bonds is 3. The molecule has 0 aliphatic carbocycles. The highest BCUT2D eigenvalue weighted by atomic mass is 19.1. The number of fused-ring (bicyclic) bond motifs is 3. The molecule has 3 aromatic rings. The second-order valence-electron chi connectivity index (χ2n) is 7.08. The quantitative estimate of drug-likeness (QED) is 0.668. The molecule has 29 heavy (non-hydrogen) atoms. The van der Waals surface area contributed by atoms with Crippen LogP contribution in [0.15, 0.2) is 35.7 Å². The Morgan fingerprint density at radius 2 is 2.10 bits per heavy atom. The number of nitrogens with one attached hydrogen (secondary N) is 1. The van der Waals surface area contributed by atoms with Crippen LogP contribution in [0.25, 0.3) is 11.6 Å². The number of aromatic nitrogens is 4. The minimum atomic E-state index is -0.426. The van der Waals surface area contributed by atoms with Crippen LogP contribution in [0, 0.1) is 12.7 Å². The summed E-state index contributed by atoms with van der Waals surface area (Å²) in [5.41, 5.74) is 9.53. The van der Waals surface area contributed by atoms with E-state index < -0.39 is 5.82 Å². The van der Waals surface area contributed by atoms with E-state index in [-0.39, 0.29) is 5.69 Å². The molecule has 4 heterocycles. The first kappa shape index (κ1) is 17.4. The van der Waals surface area contributed by atoms with E-state index in [1.807, 2.05) is 37.2 Å². The molecule has 3 N–H and O–H groups in total. The zero-order chi connectivity index (χ0) is 20.1. The second kappa shape index (κ2) is 6.40. The first-order valence-electron chi connectivity index (χ1n) is 9.23. The van der Waals surface area contributed by atoms with E-state index >= 15 is 0 Å². The van der Waals surface area contributed by atoms with Crippen molar-refractivity contribution in [3.05, 3.63) is 53.2 Å². The van der Waals surface area contributed by atoms with Crippen LogP contribution in [0.1, 0.15) is 16.7 Å². The van der Waals surface area contributed by atoms with Crippen LogP contribution in [0.3, 0.4) is 0 Å². The summed E-state index contributed by atoms with van der Waals surface area (Å²) in [6.45, 7) is 3.15. The topological polar surface area (TPSA) is 97.2 Å². The molecule has 0 unspecified atom stereocenters. The molecule has 2 aliphatic heterocycles. The fourth-order valence-corrected chi connectivity index (χ4v) is 3.68. The van der Waals surface area contributed by atoms with Crippen molar-refractivity contribution in [2.45, 2.75) is 6.92 Å². The van der Waals surface area contributed by atoms with Crippen molar-refractivity contribution in [2.75, 3.05) is 29.0 Å². The molecule has 0 amide bonds. The number of halogens is 1. The maximum absolute atomic E-state index is 14.9. The fourth-order valence-electron chi connectivity index (χ4n) is 3.68. The smallest absolute Gasteiger partial charge is 0.229 e. The summed E-state index contributed by atoms with van der Waals surface area (Å²) >= 11 is 0. The minimum Gasteiger partial charge on any atom is -0.396 e. The standard InChI is InChI=1S/C20H19FN8/c1-11-3-4-15(22)17(21)16(11)14-7-12-8-24-20(26-13-9-25-28(2)10-13)27-18(12)29-6-5-23-19(14)29/h3-4,7-10H,5-6,22H2,1-2H3,(H,24,26,27). The van der Waals surface area contributed by atoms with E-state index in [0.717, 1.165) is 22.6 Å². The van der Waals surface area contributed by atoms with Gasteiger partial charge in [-0.05, 0) is 24.6 Å². The summed E-state index contributed by atoms with van der Waals surface area (Å²) in [5, 5.41) is 7.29. The molecule has 0 fully saturated rings. The predicted octanol–water partition coefficient (Wildman–Crippen LogP) is 2.76. The summed E-state index contributed by atoms with van der Waals surface area (Å²) in [4.78, 5) is 15.7. The zero-order valence-electron chi connectivity index (χ0n) is 16.0. The van der Waals surface area contributed by atoms with Gasteiger partial charge >= 0.3 is 0 Å². The average Bonchev–Trinajstić information content (AvgIpc) is 3.35. The zero-order valence-corrected chi connectivity index (χ0v) is 16.0. The molecule has 1 aromatic carbocycles. The van der Waals surface area contributed by atoms with Crippen LogP contribution in [-0.2, 0) is 7.05 Å². The number of aryl methyl sites for hydroxylation is 2. The van der Waals surface area contributed by atoms with Gasteiger partial charge in [-0.3, -0.25) is 9.67 Å². The summed E-state index contributed by atoms with van der Waals surface area (Å²) in [7, 11) is 1.84. The Bertz CT molecular complexity index is 1190. The van der Waals surface area contributed by atoms with Crippen LogP contribution < -0.4 is 16.0 Å². The number of anilines is 4. The number of aliphatic imine (C=N–C) groups is 1. The largest absolute Gasteiger partial charge is 0.396 e. The third-order valence-corrected chi connectivity index (χ3v) is 5.04. The van der Waals surface area contributed by atoms with E-state index in [0.29, 0.717) is 36.0 Å². The Morgan fingerprint density at radius 1 is 1.24 bits per heavy atom. The number of nitrogen functional groups attached to an aromatic ring is 1. The van der Waals surface area contributed by atoms with E-state index in [4.69, 9.17) is 5.73 Å². The summed E-state index contributed by atoms with van der Waals surface area (Å²) in [6.07, 6.45) is 7.16. The molecular formula is C20H19FN8. The van der Waals surface area contributed by atoms with E-state index in [1.54, 1.807) is 23.1 Å². The molecule has 146 valence electrons. The molecule has 2 aromatic heterocycles. The van der Waals surface area contributed by atoms with E-state index in [9.17, 15) is 4.39 Å². The van der Waals surface area contributed by atoms with E-state index in [2.05, 4.69) is 25.4 Å². The van der Waals surface area contributed by atoms with Crippen LogP contribution >= 0.6 is 0 Å². The SMILES string of the molecule is Cc1ccc(N)c(F)c1C1=Cc2cnc(Nc3cnn(C)c3)nc2N2CCN=C12. The Morgan fingerprint density at radius 3 is 2.90 bits per heavy atom. The number of benzene rings is 1. The number of nitrogens with two attached hydrogens (primary N) is 1. The number of hydrogen-bond donors (Lipinski definition) is 2. The van der Waals surface area contributed by atoms with Crippen molar-refractivity contribution < 1.29 is 4.39 Å². The van der Waals surface area contributed by atoms with Gasteiger partial charge in [0, 0.05) is 42.7 Å². The van der Waals surface area contributed by atoms with Gasteiger partial charge in [0.1, 0.15) is 11.7 Å². The minimum absolute atomic E-state index is 0.120. The first-order valence-corrected chi connectivity index (χ1v) is 9.23. The molecule has 0 bridgehead atoms. The van der Waals surface area contributed by atoms with Crippen molar-refractivity contribution in [3.63, 3.8) is 0 Å². The monoisotopic (exact) mass is 390 g/mol. The highest BCUT2D eigenvalue weighted by Crippen LogP contribution is 2.38. The number of nitrogens with zero attached hydrogens (tertiary/aromatic N) is 6. The normalized spacial score (nSPS) is 14.9. The van der Waals surface area contributed by atoms with Crippen LogP contribution in [0.4, 0.5) is 27.5 Å². The maximum Gasteiger partial charge on any atom is 0.229 e. The molecule has 2 aliphatic rings. The maximum atomic E-state index is 14.9. The fraction of sp³-hybridized carbons (Fsp3) is 0.200. The van der Waals surface area contributed by atoms with Gasteiger partial charge in [-0.1, -0.05) is 6.07 Å². The first-order chi connectivity index (χ1) is 14.0. The van der Waals surface area contributed by atoms with Gasteiger partial charge in [0.25, 0.3) is 0 Å². The number of amidine groups is 1. The van der Waals surface area contributed by atoms with Crippen molar-refractivity contribution in [1.82, 2.24) is 19.7 Å². The third-order valence-electron chi connectivity index (χ3n) is 5.04. The van der Waals surface area contributed by atoms with Gasteiger partial charge in [0.05, 0.1) is 24.1 Å². The van der Waals surface area contributed by atoms with Crippen LogP contribution in [0.5, 0.6) is 0 Å². The predicted molar refractivity (Wildman–Crippen MR) is 112 cm³/mol. The van der Waals surface area contributed by atoms with Crippen molar-refractivity contribution in [2.24, 2.45) is 12.0 Å². The summed E-state index contributed by atoms with van der Waals surface area (Å²) in [5.74, 6) is 1.49. The van der Waals surface area contributed by atoms with Gasteiger partial charge in [-0.15, -0.1) is 0 Å². The molecule has 0 spiro atoms. The lowest BCUT2D eigenvalue weighted by Gasteiger charge is -2.28. The second-order valence-corrected chi connectivity index (χ2v) is 7.08. The summed E-state index contributed by atoms with van der Waals surface area (Å²) < 4.78 is 16.6. The average molecular weight is 390 g/mol. The number of hydrogen-bond acceptors (Lipinski definition) is 7. The molecule has 0 saturated carbocycles. The van der Waals surface area contributed by atoms with E-state index in [1.165, 1.54) is 0 Å². The summed E-state index contributed by atoms with van der Waals surface area (Å²) in [6, 6.07) is 3.40. The molecule has 8 nitrogen and oxygen atoms in total. The molecule has 0 saturated heterocycles. The van der Waals surface area contributed by atoms with Crippen molar-refractivity contribution in [3.8, 4) is 0 Å². The molecule has 0 radical (unpaired) electrons. The van der Waals surface area contributed by atoms with Gasteiger partial charge < -0.3 is 16.0 Å². The Balaban J connectivity index is 1.61. The van der Waals surface area contributed by atoms with Crippen molar-refractivity contribution in [1.29, 1.82) is 0 Å². The van der Waals surface area contributed by atoms with Gasteiger partial charge in [-0.2, -0.15) is 10.1 Å². The Kier molecular flexibility index (Phi) is 3.83. The van der Waals surface area contributed by atoms with Crippen LogP contribution in [-0.4, -0.2) is 38.7 Å². The Hall–Kier alpha value is -3.75. The molecule has 9 heteroatoms. The Labute approximate surface area is 166 Å². The highest BCUT2D eigenvalue weighted by molar-refractivity contribution is 6.36. The van der Waals surface area contributed by atoms with Gasteiger partial charge in [0.2, 0.25) is 5.95 Å². The van der Waals surface area contributed by atoms with Gasteiger partial charge in [-0.25, -0.2) is 9.37 Å². The van der Waals surface area contributed by atoms with Crippen molar-refractivity contribution >= 4 is 40.6 Å². The van der Waals surface area contributed by atoms with Crippen LogP contribution in [0.2, 0.25) is 0 Å². The molecule has 5 rings (SSSR count). The molecule has 0 atom stereocenters. The lowest BCUT2D eigenvalue weighted by atomic mass is 9.94.